The molecule has 0 radical (unpaired) electrons. The molecule has 1 fully saturated rings. The van der Waals surface area contributed by atoms with Gasteiger partial charge in [-0.1, -0.05) is 0 Å². The van der Waals surface area contributed by atoms with E-state index in [0.717, 1.165) is 0 Å². The zero-order valence-electron chi connectivity index (χ0n) is 25.0. The van der Waals surface area contributed by atoms with Gasteiger partial charge in [0.25, 0.3) is 0 Å². The number of rotatable bonds is 11. The average Bonchev–Trinajstić information content (AvgIpc) is 3.01. The van der Waals surface area contributed by atoms with E-state index in [-0.39, 0.29) is 30.9 Å². The molecular formula is C25H40N8O12S2. The SMILES string of the molecule is NCCCC[C@@H]1NC(=O)[C@H](CC(=O)O)NC(=O)[C@H](CC(=O)O)NC(=O)[C@H](CS)NC(=O)[C@H](CS)NC(=O)CNC(=O)[C@H](CO)NC1=O. The molecule has 47 heavy (non-hydrogen) atoms. The van der Waals surface area contributed by atoms with E-state index in [1.54, 1.807) is 0 Å². The van der Waals surface area contributed by atoms with Crippen LogP contribution in [0.5, 0.6) is 0 Å². The molecule has 1 aliphatic rings. The number of unbranched alkanes of at least 4 members (excludes halogenated alkanes) is 1. The van der Waals surface area contributed by atoms with Gasteiger partial charge in [-0.2, -0.15) is 25.3 Å². The number of carbonyl (C=O) groups excluding carboxylic acids is 7. The van der Waals surface area contributed by atoms with Crippen molar-refractivity contribution in [1.29, 1.82) is 0 Å². The monoisotopic (exact) mass is 708 g/mol. The van der Waals surface area contributed by atoms with Crippen LogP contribution in [0.15, 0.2) is 0 Å². The van der Waals surface area contributed by atoms with Crippen molar-refractivity contribution in [3.8, 4) is 0 Å². The standard InChI is InChI=1S/C25H40N8O12S2/c26-4-2-1-3-11-21(41)32-14(8-34)20(40)27-7-17(35)28-15(9-46)24(44)33-16(10-47)25(45)31-13(6-19(38)39)23(43)30-12(5-18(36)37)22(42)29-11/h11-16,34,46-47H,1-10,26H2,(H,27,40)(H,28,35)(H,29,42)(H,30,43)(H,31,45)(H,32,41)(H,33,44)(H,36,37)(H,38,39)/t11-,12-,13-,14-,15-,16-/m0/s1. The molecule has 0 saturated carbocycles. The molecule has 20 nitrogen and oxygen atoms in total. The smallest absolute Gasteiger partial charge is 0.305 e. The predicted octanol–water partition coefficient (Wildman–Crippen LogP) is -6.04. The van der Waals surface area contributed by atoms with Crippen molar-refractivity contribution in [1.82, 2.24) is 37.2 Å². The van der Waals surface area contributed by atoms with Crippen LogP contribution in [0.1, 0.15) is 32.1 Å². The van der Waals surface area contributed by atoms with Crippen LogP contribution in [-0.4, -0.2) is 136 Å². The first kappa shape index (κ1) is 40.9. The van der Waals surface area contributed by atoms with Gasteiger partial charge in [0.1, 0.15) is 36.3 Å². The lowest BCUT2D eigenvalue weighted by molar-refractivity contribution is -0.143. The maximum absolute atomic E-state index is 13.2. The summed E-state index contributed by atoms with van der Waals surface area (Å²) >= 11 is 8.00. The molecule has 1 aliphatic heterocycles. The fourth-order valence-corrected chi connectivity index (χ4v) is 4.52. The second kappa shape index (κ2) is 20.9. The quantitative estimate of drug-likeness (QED) is 0.0703. The molecule has 1 rings (SSSR count). The second-order valence-electron chi connectivity index (χ2n) is 10.2. The van der Waals surface area contributed by atoms with Crippen molar-refractivity contribution in [3.05, 3.63) is 0 Å². The van der Waals surface area contributed by atoms with Crippen LogP contribution in [0.2, 0.25) is 0 Å². The predicted molar refractivity (Wildman–Crippen MR) is 167 cm³/mol. The minimum atomic E-state index is -1.89. The molecule has 264 valence electrons. The number of thiol groups is 2. The van der Waals surface area contributed by atoms with E-state index in [9.17, 15) is 58.5 Å². The largest absolute Gasteiger partial charge is 0.481 e. The minimum absolute atomic E-state index is 0.0837. The Bertz CT molecular complexity index is 1190. The summed E-state index contributed by atoms with van der Waals surface area (Å²) < 4.78 is 0. The van der Waals surface area contributed by atoms with Crippen LogP contribution in [0.3, 0.4) is 0 Å². The Kier molecular flexibility index (Phi) is 18.1. The van der Waals surface area contributed by atoms with Gasteiger partial charge in [0.2, 0.25) is 41.4 Å². The maximum atomic E-state index is 13.2. The zero-order valence-corrected chi connectivity index (χ0v) is 26.8. The molecule has 6 atom stereocenters. The van der Waals surface area contributed by atoms with E-state index in [4.69, 9.17) is 5.73 Å². The summed E-state index contributed by atoms with van der Waals surface area (Å²) in [6.45, 7) is -1.46. The number of nitrogens with one attached hydrogen (secondary N) is 7. The van der Waals surface area contributed by atoms with Crippen molar-refractivity contribution >= 4 is 78.5 Å². The molecule has 0 aromatic rings. The fourth-order valence-electron chi connectivity index (χ4n) is 4.01. The lowest BCUT2D eigenvalue weighted by Gasteiger charge is -2.26. The third kappa shape index (κ3) is 14.4. The first-order valence-corrected chi connectivity index (χ1v) is 15.5. The molecule has 1 saturated heterocycles. The first-order chi connectivity index (χ1) is 22.2. The highest BCUT2D eigenvalue weighted by Crippen LogP contribution is 2.06. The van der Waals surface area contributed by atoms with Gasteiger partial charge in [0.05, 0.1) is 26.0 Å². The van der Waals surface area contributed by atoms with Crippen LogP contribution >= 0.6 is 25.3 Å². The van der Waals surface area contributed by atoms with Gasteiger partial charge in [0.15, 0.2) is 0 Å². The molecule has 0 aliphatic carbocycles. The normalized spacial score (nSPS) is 25.8. The van der Waals surface area contributed by atoms with Crippen molar-refractivity contribution < 1.29 is 58.5 Å². The third-order valence-corrected chi connectivity index (χ3v) is 7.22. The molecule has 0 bridgehead atoms. The van der Waals surface area contributed by atoms with Crippen LogP contribution < -0.4 is 43.0 Å². The summed E-state index contributed by atoms with van der Waals surface area (Å²) in [5.41, 5.74) is 5.50. The molecule has 7 amide bonds. The molecule has 0 aromatic heterocycles. The molecule has 0 aromatic carbocycles. The van der Waals surface area contributed by atoms with Crippen molar-refractivity contribution in [2.75, 3.05) is 31.2 Å². The van der Waals surface area contributed by atoms with Crippen LogP contribution in [0.4, 0.5) is 0 Å². The average molecular weight is 709 g/mol. The topological polar surface area (TPSA) is 325 Å². The van der Waals surface area contributed by atoms with Gasteiger partial charge in [-0.15, -0.1) is 0 Å². The lowest BCUT2D eigenvalue weighted by atomic mass is 10.1. The van der Waals surface area contributed by atoms with Crippen LogP contribution in [-0.2, 0) is 43.2 Å². The van der Waals surface area contributed by atoms with Gasteiger partial charge in [-0.3, -0.25) is 43.2 Å². The number of carbonyl (C=O) groups is 9. The summed E-state index contributed by atoms with van der Waals surface area (Å²) in [7, 11) is 0. The fraction of sp³-hybridized carbons (Fsp3) is 0.640. The Morgan fingerprint density at radius 2 is 1.02 bits per heavy atom. The second-order valence-corrected chi connectivity index (χ2v) is 10.9. The minimum Gasteiger partial charge on any atom is -0.481 e. The van der Waals surface area contributed by atoms with Gasteiger partial charge in [-0.25, -0.2) is 0 Å². The Morgan fingerprint density at radius 3 is 1.47 bits per heavy atom. The molecule has 22 heteroatoms. The number of aliphatic hydroxyl groups excluding tert-OH is 1. The maximum Gasteiger partial charge on any atom is 0.305 e. The lowest BCUT2D eigenvalue weighted by Crippen LogP contribution is -2.60. The highest BCUT2D eigenvalue weighted by Gasteiger charge is 2.34. The van der Waals surface area contributed by atoms with E-state index < -0.39 is 116 Å². The highest BCUT2D eigenvalue weighted by molar-refractivity contribution is 7.80. The van der Waals surface area contributed by atoms with Gasteiger partial charge in [-0.05, 0) is 25.8 Å². The summed E-state index contributed by atoms with van der Waals surface area (Å²) in [6, 6.07) is -9.69. The van der Waals surface area contributed by atoms with E-state index >= 15 is 0 Å². The summed E-state index contributed by atoms with van der Waals surface area (Å²) in [5.74, 6) is -11.3. The Hall–Kier alpha value is -4.15. The number of nitrogens with two attached hydrogens (primary N) is 1. The van der Waals surface area contributed by atoms with Gasteiger partial charge < -0.3 is 58.3 Å². The van der Waals surface area contributed by atoms with Gasteiger partial charge in [0, 0.05) is 11.5 Å². The van der Waals surface area contributed by atoms with E-state index in [1.807, 2.05) is 0 Å². The first-order valence-electron chi connectivity index (χ1n) is 14.2. The number of carboxylic acids is 2. The van der Waals surface area contributed by atoms with Crippen molar-refractivity contribution in [2.45, 2.75) is 68.4 Å². The number of hydrogen-bond acceptors (Lipinski definition) is 13. The summed E-state index contributed by atoms with van der Waals surface area (Å²) in [4.78, 5) is 113. The number of carboxylic acid groups (broad SMARTS) is 2. The van der Waals surface area contributed by atoms with Crippen molar-refractivity contribution in [3.63, 3.8) is 0 Å². The van der Waals surface area contributed by atoms with Crippen molar-refractivity contribution in [2.24, 2.45) is 5.73 Å². The Labute approximate surface area is 279 Å². The summed E-state index contributed by atoms with van der Waals surface area (Å²) in [5, 5.41) is 43.9. The molecule has 0 spiro atoms. The molecule has 0 unspecified atom stereocenters. The summed E-state index contributed by atoms with van der Waals surface area (Å²) in [6.07, 6.45) is -1.50. The Balaban J connectivity index is 3.56. The zero-order chi connectivity index (χ0) is 35.7. The molecular weight excluding hydrogens is 668 g/mol. The van der Waals surface area contributed by atoms with Crippen LogP contribution in [0.25, 0.3) is 0 Å². The van der Waals surface area contributed by atoms with Gasteiger partial charge >= 0.3 is 11.9 Å². The number of aliphatic carboxylic acids is 2. The molecule has 1 heterocycles. The number of hydrogen-bond donors (Lipinski definition) is 13. The van der Waals surface area contributed by atoms with E-state index in [2.05, 4.69) is 62.5 Å². The Morgan fingerprint density at radius 1 is 0.617 bits per heavy atom. The van der Waals surface area contributed by atoms with E-state index in [0.29, 0.717) is 6.42 Å². The third-order valence-electron chi connectivity index (χ3n) is 6.49. The van der Waals surface area contributed by atoms with Crippen LogP contribution in [0, 0.1) is 0 Å². The van der Waals surface area contributed by atoms with E-state index in [1.165, 1.54) is 0 Å². The number of amides is 7. The number of aliphatic hydroxyl groups is 1. The molecule has 12 N–H and O–H groups in total. The highest BCUT2D eigenvalue weighted by atomic mass is 32.1.